The lowest BCUT2D eigenvalue weighted by Gasteiger charge is -2.15. The van der Waals surface area contributed by atoms with E-state index in [1.807, 2.05) is 0 Å². The smallest absolute Gasteiger partial charge is 0.131 e. The second kappa shape index (κ2) is 4.82. The molecule has 1 aromatic carbocycles. The number of aromatic nitrogens is 2. The summed E-state index contributed by atoms with van der Waals surface area (Å²) >= 11 is 1.13. The van der Waals surface area contributed by atoms with E-state index in [9.17, 15) is 8.78 Å². The van der Waals surface area contributed by atoms with Crippen LogP contribution in [-0.2, 0) is 0 Å². The number of hydrazine groups is 1. The third-order valence-electron chi connectivity index (χ3n) is 2.39. The van der Waals surface area contributed by atoms with E-state index in [2.05, 4.69) is 15.0 Å². The number of benzene rings is 1. The van der Waals surface area contributed by atoms with E-state index < -0.39 is 17.7 Å². The molecule has 0 saturated heterocycles. The Morgan fingerprint density at radius 1 is 1.41 bits per heavy atom. The number of aryl methyl sites for hydroxylation is 1. The van der Waals surface area contributed by atoms with Crippen molar-refractivity contribution in [1.82, 2.24) is 15.0 Å². The lowest BCUT2D eigenvalue weighted by Crippen LogP contribution is -2.29. The van der Waals surface area contributed by atoms with Gasteiger partial charge in [-0.2, -0.15) is 0 Å². The Morgan fingerprint density at radius 2 is 2.18 bits per heavy atom. The molecule has 1 atom stereocenters. The molecule has 0 saturated carbocycles. The zero-order chi connectivity index (χ0) is 12.4. The van der Waals surface area contributed by atoms with Crippen LogP contribution in [0.4, 0.5) is 8.78 Å². The maximum absolute atomic E-state index is 13.6. The summed E-state index contributed by atoms with van der Waals surface area (Å²) in [6.45, 7) is 1.75. The van der Waals surface area contributed by atoms with E-state index in [0.717, 1.165) is 17.6 Å². The number of nitrogens with zero attached hydrogens (tertiary/aromatic N) is 2. The van der Waals surface area contributed by atoms with E-state index in [1.165, 1.54) is 12.1 Å². The molecule has 0 fully saturated rings. The average Bonchev–Trinajstić information content (AvgIpc) is 2.69. The highest BCUT2D eigenvalue weighted by Gasteiger charge is 2.21. The second-order valence-corrected chi connectivity index (χ2v) is 4.27. The molecular formula is C10H10F2N4S. The Labute approximate surface area is 101 Å². The molecule has 2 aromatic rings. The minimum atomic E-state index is -0.652. The average molecular weight is 256 g/mol. The third-order valence-corrected chi connectivity index (χ3v) is 3.28. The fourth-order valence-corrected chi connectivity index (χ4v) is 2.27. The van der Waals surface area contributed by atoms with Gasteiger partial charge < -0.3 is 0 Å². The van der Waals surface area contributed by atoms with Crippen molar-refractivity contribution in [3.05, 3.63) is 46.0 Å². The first kappa shape index (κ1) is 12.0. The van der Waals surface area contributed by atoms with Gasteiger partial charge in [-0.25, -0.2) is 14.2 Å². The van der Waals surface area contributed by atoms with Gasteiger partial charge in [-0.3, -0.25) is 5.84 Å². The highest BCUT2D eigenvalue weighted by atomic mass is 32.1. The van der Waals surface area contributed by atoms with Crippen LogP contribution in [0.3, 0.4) is 0 Å². The highest BCUT2D eigenvalue weighted by molar-refractivity contribution is 7.05. The maximum Gasteiger partial charge on any atom is 0.131 e. The normalized spacial score (nSPS) is 12.7. The predicted molar refractivity (Wildman–Crippen MR) is 60.2 cm³/mol. The Hall–Kier alpha value is -1.44. The van der Waals surface area contributed by atoms with Crippen LogP contribution in [0.2, 0.25) is 0 Å². The van der Waals surface area contributed by atoms with Crippen molar-refractivity contribution in [2.45, 2.75) is 13.0 Å². The SMILES string of the molecule is Cc1nnsc1C(NN)c1ccc(F)cc1F. The van der Waals surface area contributed by atoms with Gasteiger partial charge in [0.05, 0.1) is 16.6 Å². The maximum atomic E-state index is 13.6. The van der Waals surface area contributed by atoms with Gasteiger partial charge in [-0.05, 0) is 24.5 Å². The van der Waals surface area contributed by atoms with Crippen molar-refractivity contribution in [3.63, 3.8) is 0 Å². The number of halogens is 2. The minimum Gasteiger partial charge on any atom is -0.271 e. The fraction of sp³-hybridized carbons (Fsp3) is 0.200. The van der Waals surface area contributed by atoms with Gasteiger partial charge in [0.15, 0.2) is 0 Å². The van der Waals surface area contributed by atoms with Crippen LogP contribution < -0.4 is 11.3 Å². The van der Waals surface area contributed by atoms with Crippen LogP contribution in [0.5, 0.6) is 0 Å². The lowest BCUT2D eigenvalue weighted by molar-refractivity contribution is 0.543. The van der Waals surface area contributed by atoms with Gasteiger partial charge in [-0.1, -0.05) is 10.6 Å². The standard InChI is InChI=1S/C10H10F2N4S/c1-5-10(17-16-15-5)9(14-13)7-3-2-6(11)4-8(7)12/h2-4,9,14H,13H2,1H3. The molecule has 17 heavy (non-hydrogen) atoms. The molecule has 0 radical (unpaired) electrons. The largest absolute Gasteiger partial charge is 0.271 e. The Balaban J connectivity index is 2.46. The first-order chi connectivity index (χ1) is 8.13. The molecule has 0 bridgehead atoms. The van der Waals surface area contributed by atoms with Crippen LogP contribution >= 0.6 is 11.5 Å². The molecule has 1 aromatic heterocycles. The van der Waals surface area contributed by atoms with E-state index in [-0.39, 0.29) is 5.56 Å². The molecular weight excluding hydrogens is 246 g/mol. The molecule has 0 amide bonds. The Morgan fingerprint density at radius 3 is 2.71 bits per heavy atom. The third kappa shape index (κ3) is 2.31. The van der Waals surface area contributed by atoms with E-state index in [1.54, 1.807) is 6.92 Å². The van der Waals surface area contributed by atoms with E-state index in [4.69, 9.17) is 5.84 Å². The summed E-state index contributed by atoms with van der Waals surface area (Å²) in [7, 11) is 0. The predicted octanol–water partition coefficient (Wildman–Crippen LogP) is 1.68. The summed E-state index contributed by atoms with van der Waals surface area (Å²) < 4.78 is 30.2. The highest BCUT2D eigenvalue weighted by Crippen LogP contribution is 2.28. The summed E-state index contributed by atoms with van der Waals surface area (Å²) in [4.78, 5) is 0.706. The van der Waals surface area contributed by atoms with Crippen LogP contribution in [0, 0.1) is 18.6 Å². The zero-order valence-electron chi connectivity index (χ0n) is 8.95. The lowest BCUT2D eigenvalue weighted by atomic mass is 10.0. The van der Waals surface area contributed by atoms with Crippen LogP contribution in [0.1, 0.15) is 22.2 Å². The Kier molecular flexibility index (Phi) is 3.41. The van der Waals surface area contributed by atoms with Gasteiger partial charge >= 0.3 is 0 Å². The van der Waals surface area contributed by atoms with E-state index in [0.29, 0.717) is 10.6 Å². The molecule has 0 aliphatic rings. The molecule has 0 aliphatic carbocycles. The number of hydrogen-bond acceptors (Lipinski definition) is 5. The number of nitrogens with one attached hydrogen (secondary N) is 1. The molecule has 4 nitrogen and oxygen atoms in total. The van der Waals surface area contributed by atoms with Gasteiger partial charge in [0.1, 0.15) is 11.6 Å². The first-order valence-corrected chi connectivity index (χ1v) is 5.60. The summed E-state index contributed by atoms with van der Waals surface area (Å²) in [5, 5.41) is 3.83. The fourth-order valence-electron chi connectivity index (χ4n) is 1.54. The monoisotopic (exact) mass is 256 g/mol. The second-order valence-electron chi connectivity index (χ2n) is 3.49. The quantitative estimate of drug-likeness (QED) is 0.648. The van der Waals surface area contributed by atoms with Gasteiger partial charge in [0, 0.05) is 11.6 Å². The molecule has 2 rings (SSSR count). The molecule has 0 spiro atoms. The summed E-state index contributed by atoms with van der Waals surface area (Å²) in [6.07, 6.45) is 0. The Bertz CT molecular complexity index is 529. The van der Waals surface area contributed by atoms with Crippen molar-refractivity contribution < 1.29 is 8.78 Å². The molecule has 1 unspecified atom stereocenters. The van der Waals surface area contributed by atoms with E-state index >= 15 is 0 Å². The molecule has 1 heterocycles. The van der Waals surface area contributed by atoms with Crippen molar-refractivity contribution in [2.24, 2.45) is 5.84 Å². The van der Waals surface area contributed by atoms with Crippen LogP contribution in [0.25, 0.3) is 0 Å². The van der Waals surface area contributed by atoms with Gasteiger partial charge in [0.2, 0.25) is 0 Å². The molecule has 0 aliphatic heterocycles. The number of rotatable bonds is 3. The van der Waals surface area contributed by atoms with Gasteiger partial charge in [0.25, 0.3) is 0 Å². The number of hydrogen-bond donors (Lipinski definition) is 2. The number of nitrogens with two attached hydrogens (primary N) is 1. The molecule has 3 N–H and O–H groups in total. The minimum absolute atomic E-state index is 0.267. The van der Waals surface area contributed by atoms with Crippen LogP contribution in [0.15, 0.2) is 18.2 Å². The van der Waals surface area contributed by atoms with Crippen molar-refractivity contribution in [1.29, 1.82) is 0 Å². The topological polar surface area (TPSA) is 63.8 Å². The molecule has 7 heteroatoms. The zero-order valence-corrected chi connectivity index (χ0v) is 9.76. The van der Waals surface area contributed by atoms with Gasteiger partial charge in [-0.15, -0.1) is 5.10 Å². The summed E-state index contributed by atoms with van der Waals surface area (Å²) in [5.41, 5.74) is 3.42. The molecule has 90 valence electrons. The first-order valence-electron chi connectivity index (χ1n) is 4.83. The van der Waals surface area contributed by atoms with Crippen molar-refractivity contribution >= 4 is 11.5 Å². The van der Waals surface area contributed by atoms with Crippen molar-refractivity contribution in [2.75, 3.05) is 0 Å². The summed E-state index contributed by atoms with van der Waals surface area (Å²) in [6, 6.07) is 2.79. The summed E-state index contributed by atoms with van der Waals surface area (Å²) in [5.74, 6) is 4.14. The van der Waals surface area contributed by atoms with Crippen molar-refractivity contribution in [3.8, 4) is 0 Å². The van der Waals surface area contributed by atoms with Crippen LogP contribution in [-0.4, -0.2) is 9.59 Å².